The van der Waals surface area contributed by atoms with Crippen LogP contribution in [0, 0.1) is 6.92 Å². The first-order valence-electron chi connectivity index (χ1n) is 9.14. The summed E-state index contributed by atoms with van der Waals surface area (Å²) in [6.07, 6.45) is 0. The first-order chi connectivity index (χ1) is 12.6. The zero-order valence-electron chi connectivity index (χ0n) is 15.9. The number of carbonyl (C=O) groups excluding carboxylic acids is 1. The highest BCUT2D eigenvalue weighted by Gasteiger charge is 2.16. The van der Waals surface area contributed by atoms with Crippen LogP contribution in [0.1, 0.15) is 29.2 Å². The highest BCUT2D eigenvalue weighted by Crippen LogP contribution is 2.11. The summed E-state index contributed by atoms with van der Waals surface area (Å²) in [4.78, 5) is 23.9. The van der Waals surface area contributed by atoms with Crippen molar-refractivity contribution < 1.29 is 9.53 Å². The van der Waals surface area contributed by atoms with E-state index in [9.17, 15) is 4.79 Å². The molecule has 26 heavy (non-hydrogen) atoms. The molecule has 1 fully saturated rings. The minimum absolute atomic E-state index is 0.0744. The SMILES string of the molecule is CCNC(=NCC(C)N1CCOCC1)NCCNC(=O)c1scnc1C. The monoisotopic (exact) mass is 382 g/mol. The van der Waals surface area contributed by atoms with Gasteiger partial charge in [-0.05, 0) is 20.8 Å². The van der Waals surface area contributed by atoms with Crippen LogP contribution in [0.2, 0.25) is 0 Å². The van der Waals surface area contributed by atoms with Crippen molar-refractivity contribution in [3.8, 4) is 0 Å². The van der Waals surface area contributed by atoms with Gasteiger partial charge < -0.3 is 20.7 Å². The van der Waals surface area contributed by atoms with Gasteiger partial charge in [-0.3, -0.25) is 14.7 Å². The fourth-order valence-electron chi connectivity index (χ4n) is 2.66. The van der Waals surface area contributed by atoms with Gasteiger partial charge in [-0.25, -0.2) is 4.98 Å². The number of nitrogens with zero attached hydrogens (tertiary/aromatic N) is 3. The van der Waals surface area contributed by atoms with Gasteiger partial charge in [0.25, 0.3) is 5.91 Å². The number of hydrogen-bond acceptors (Lipinski definition) is 6. The van der Waals surface area contributed by atoms with Crippen LogP contribution in [0.25, 0.3) is 0 Å². The Balaban J connectivity index is 1.72. The third-order valence-corrected chi connectivity index (χ3v) is 5.11. The summed E-state index contributed by atoms with van der Waals surface area (Å²) < 4.78 is 5.39. The summed E-state index contributed by atoms with van der Waals surface area (Å²) in [5.74, 6) is 0.700. The normalized spacial score (nSPS) is 17.0. The Kier molecular flexibility index (Phi) is 8.79. The van der Waals surface area contributed by atoms with Crippen LogP contribution >= 0.6 is 11.3 Å². The van der Waals surface area contributed by atoms with E-state index in [1.807, 2.05) is 13.8 Å². The van der Waals surface area contributed by atoms with E-state index in [1.165, 1.54) is 11.3 Å². The molecule has 1 atom stereocenters. The van der Waals surface area contributed by atoms with E-state index < -0.39 is 0 Å². The molecule has 0 spiro atoms. The number of nitrogens with one attached hydrogen (secondary N) is 3. The molecule has 1 aromatic heterocycles. The van der Waals surface area contributed by atoms with Gasteiger partial charge >= 0.3 is 0 Å². The number of morpholine rings is 1. The Bertz CT molecular complexity index is 586. The third kappa shape index (κ3) is 6.54. The predicted octanol–water partition coefficient (Wildman–Crippen LogP) is 0.457. The second-order valence-corrected chi connectivity index (χ2v) is 7.02. The topological polar surface area (TPSA) is 90.9 Å². The van der Waals surface area contributed by atoms with Gasteiger partial charge in [0.05, 0.1) is 31.0 Å². The maximum atomic E-state index is 12.1. The molecule has 8 nitrogen and oxygen atoms in total. The highest BCUT2D eigenvalue weighted by molar-refractivity contribution is 7.11. The Labute approximate surface area is 159 Å². The molecule has 0 saturated carbocycles. The molecular weight excluding hydrogens is 352 g/mol. The molecule has 1 aliphatic heterocycles. The summed E-state index contributed by atoms with van der Waals surface area (Å²) in [7, 11) is 0. The standard InChI is InChI=1S/C17H30N6O2S/c1-4-18-17(21-11-13(2)23-7-9-25-10-8-23)20-6-5-19-16(24)15-14(3)22-12-26-15/h12-13H,4-11H2,1-3H3,(H,19,24)(H2,18,20,21). The van der Waals surface area contributed by atoms with Crippen molar-refractivity contribution in [1.82, 2.24) is 25.8 Å². The van der Waals surface area contributed by atoms with Crippen molar-refractivity contribution in [3.63, 3.8) is 0 Å². The molecule has 2 heterocycles. The Hall–Kier alpha value is -1.71. The second-order valence-electron chi connectivity index (χ2n) is 6.17. The lowest BCUT2D eigenvalue weighted by atomic mass is 10.2. The maximum Gasteiger partial charge on any atom is 0.263 e. The molecule has 3 N–H and O–H groups in total. The maximum absolute atomic E-state index is 12.1. The Morgan fingerprint density at radius 3 is 2.73 bits per heavy atom. The van der Waals surface area contributed by atoms with Crippen molar-refractivity contribution in [2.45, 2.75) is 26.8 Å². The molecule has 1 saturated heterocycles. The quantitative estimate of drug-likeness (QED) is 0.344. The minimum atomic E-state index is -0.0744. The Morgan fingerprint density at radius 1 is 1.35 bits per heavy atom. The van der Waals surface area contributed by atoms with Crippen LogP contribution in [0.3, 0.4) is 0 Å². The molecule has 0 bridgehead atoms. The number of aromatic nitrogens is 1. The molecule has 146 valence electrons. The van der Waals surface area contributed by atoms with Crippen LogP contribution in [0.15, 0.2) is 10.5 Å². The summed E-state index contributed by atoms with van der Waals surface area (Å²) >= 11 is 1.36. The zero-order valence-corrected chi connectivity index (χ0v) is 16.7. The molecule has 1 aliphatic rings. The Morgan fingerprint density at radius 2 is 2.08 bits per heavy atom. The van der Waals surface area contributed by atoms with Crippen LogP contribution in [-0.2, 0) is 4.74 Å². The molecule has 9 heteroatoms. The van der Waals surface area contributed by atoms with Crippen LogP contribution in [-0.4, -0.2) is 80.3 Å². The number of guanidine groups is 1. The average molecular weight is 383 g/mol. The number of rotatable bonds is 8. The van der Waals surface area contributed by atoms with E-state index in [-0.39, 0.29) is 5.91 Å². The fourth-order valence-corrected chi connectivity index (χ4v) is 3.37. The van der Waals surface area contributed by atoms with Crippen molar-refractivity contribution >= 4 is 23.2 Å². The number of thiazole rings is 1. The summed E-state index contributed by atoms with van der Waals surface area (Å²) in [6, 6.07) is 0.378. The number of amides is 1. The smallest absolute Gasteiger partial charge is 0.263 e. The van der Waals surface area contributed by atoms with Crippen molar-refractivity contribution in [3.05, 3.63) is 16.1 Å². The van der Waals surface area contributed by atoms with E-state index in [0.717, 1.165) is 51.0 Å². The van der Waals surface area contributed by atoms with E-state index in [4.69, 9.17) is 4.74 Å². The van der Waals surface area contributed by atoms with E-state index >= 15 is 0 Å². The number of ether oxygens (including phenoxy) is 1. The number of aryl methyl sites for hydroxylation is 1. The zero-order chi connectivity index (χ0) is 18.8. The molecule has 0 radical (unpaired) electrons. The first-order valence-corrected chi connectivity index (χ1v) is 10.0. The number of hydrogen-bond donors (Lipinski definition) is 3. The summed E-state index contributed by atoms with van der Waals surface area (Å²) in [5, 5.41) is 9.41. The van der Waals surface area contributed by atoms with Gasteiger partial charge in [0.15, 0.2) is 5.96 Å². The van der Waals surface area contributed by atoms with E-state index in [2.05, 4.69) is 37.8 Å². The first kappa shape index (κ1) is 20.6. The molecule has 2 rings (SSSR count). The lowest BCUT2D eigenvalue weighted by Gasteiger charge is -2.31. The van der Waals surface area contributed by atoms with Gasteiger partial charge in [0, 0.05) is 38.8 Å². The van der Waals surface area contributed by atoms with Crippen molar-refractivity contribution in [1.29, 1.82) is 0 Å². The van der Waals surface area contributed by atoms with Crippen molar-refractivity contribution in [2.75, 3.05) is 52.5 Å². The number of carbonyl (C=O) groups is 1. The summed E-state index contributed by atoms with van der Waals surface area (Å²) in [6.45, 7) is 12.2. The lowest BCUT2D eigenvalue weighted by Crippen LogP contribution is -2.45. The van der Waals surface area contributed by atoms with Crippen LogP contribution < -0.4 is 16.0 Å². The fraction of sp³-hybridized carbons (Fsp3) is 0.706. The molecule has 0 aliphatic carbocycles. The van der Waals surface area contributed by atoms with Gasteiger partial charge in [-0.2, -0.15) is 0 Å². The molecule has 1 unspecified atom stereocenters. The van der Waals surface area contributed by atoms with Gasteiger partial charge in [0.2, 0.25) is 0 Å². The lowest BCUT2D eigenvalue weighted by molar-refractivity contribution is 0.0220. The predicted molar refractivity (Wildman–Crippen MR) is 105 cm³/mol. The van der Waals surface area contributed by atoms with Crippen LogP contribution in [0.4, 0.5) is 0 Å². The van der Waals surface area contributed by atoms with Crippen molar-refractivity contribution in [2.24, 2.45) is 4.99 Å². The summed E-state index contributed by atoms with van der Waals surface area (Å²) in [5.41, 5.74) is 2.46. The molecular formula is C17H30N6O2S. The molecule has 0 aromatic carbocycles. The van der Waals surface area contributed by atoms with E-state index in [1.54, 1.807) is 5.51 Å². The highest BCUT2D eigenvalue weighted by atomic mass is 32.1. The van der Waals surface area contributed by atoms with Gasteiger partial charge in [-0.15, -0.1) is 11.3 Å². The molecule has 1 aromatic rings. The van der Waals surface area contributed by atoms with Gasteiger partial charge in [0.1, 0.15) is 4.88 Å². The van der Waals surface area contributed by atoms with Crippen LogP contribution in [0.5, 0.6) is 0 Å². The molecule has 1 amide bonds. The van der Waals surface area contributed by atoms with Gasteiger partial charge in [-0.1, -0.05) is 0 Å². The largest absolute Gasteiger partial charge is 0.379 e. The average Bonchev–Trinajstić information content (AvgIpc) is 3.09. The van der Waals surface area contributed by atoms with E-state index in [0.29, 0.717) is 24.0 Å². The minimum Gasteiger partial charge on any atom is -0.379 e. The number of aliphatic imine (C=N–C) groups is 1. The third-order valence-electron chi connectivity index (χ3n) is 4.18. The second kappa shape index (κ2) is 11.1.